The Balaban J connectivity index is 2.89. The quantitative estimate of drug-likeness (QED) is 0.845. The van der Waals surface area contributed by atoms with Gasteiger partial charge < -0.3 is 5.73 Å². The van der Waals surface area contributed by atoms with Gasteiger partial charge in [-0.2, -0.15) is 0 Å². The second kappa shape index (κ2) is 5.66. The van der Waals surface area contributed by atoms with Crippen LogP contribution < -0.4 is 5.73 Å². The number of rotatable bonds is 4. The molecule has 0 fully saturated rings. The minimum Gasteiger partial charge on any atom is -0.369 e. The Morgan fingerprint density at radius 2 is 2.13 bits per heavy atom. The lowest BCUT2D eigenvalue weighted by Crippen LogP contribution is -2.25. The molecule has 0 saturated heterocycles. The lowest BCUT2D eigenvalue weighted by atomic mass is 10.0. The molecule has 1 rings (SSSR count). The Bertz CT molecular complexity index is 366. The standard InChI is InChI=1S/C11H13Br2NO/c1-2-7-5-9(12)4-3-8(7)6-10(13)11(14)15/h3-5,10H,2,6H2,1H3,(H2,14,15). The number of carbonyl (C=O) groups is 1. The van der Waals surface area contributed by atoms with Crippen LogP contribution in [-0.4, -0.2) is 10.7 Å². The molecular weight excluding hydrogens is 322 g/mol. The van der Waals surface area contributed by atoms with E-state index in [1.807, 2.05) is 12.1 Å². The van der Waals surface area contributed by atoms with Crippen LogP contribution in [0.1, 0.15) is 18.1 Å². The van der Waals surface area contributed by atoms with E-state index >= 15 is 0 Å². The fraction of sp³-hybridized carbons (Fsp3) is 0.364. The third kappa shape index (κ3) is 3.61. The number of alkyl halides is 1. The first-order valence-corrected chi connectivity index (χ1v) is 6.46. The number of hydrogen-bond donors (Lipinski definition) is 1. The van der Waals surface area contributed by atoms with Crippen molar-refractivity contribution in [3.63, 3.8) is 0 Å². The van der Waals surface area contributed by atoms with Gasteiger partial charge in [-0.3, -0.25) is 4.79 Å². The van der Waals surface area contributed by atoms with Gasteiger partial charge in [0.25, 0.3) is 0 Å². The summed E-state index contributed by atoms with van der Waals surface area (Å²) in [6.45, 7) is 2.10. The predicted molar refractivity (Wildman–Crippen MR) is 69.1 cm³/mol. The molecule has 2 nitrogen and oxygen atoms in total. The Kier molecular flexibility index (Phi) is 4.80. The van der Waals surface area contributed by atoms with E-state index in [0.717, 1.165) is 10.9 Å². The van der Waals surface area contributed by atoms with Gasteiger partial charge in [-0.1, -0.05) is 44.8 Å². The van der Waals surface area contributed by atoms with Crippen LogP contribution in [-0.2, 0) is 17.6 Å². The van der Waals surface area contributed by atoms with E-state index < -0.39 is 0 Å². The molecule has 0 aliphatic rings. The van der Waals surface area contributed by atoms with E-state index in [4.69, 9.17) is 5.73 Å². The van der Waals surface area contributed by atoms with E-state index in [2.05, 4.69) is 44.8 Å². The zero-order valence-corrected chi connectivity index (χ0v) is 11.6. The third-order valence-corrected chi connectivity index (χ3v) is 3.53. The summed E-state index contributed by atoms with van der Waals surface area (Å²) in [5.74, 6) is -0.319. The van der Waals surface area contributed by atoms with Gasteiger partial charge in [0, 0.05) is 4.47 Å². The molecule has 1 amide bonds. The van der Waals surface area contributed by atoms with Gasteiger partial charge in [-0.25, -0.2) is 0 Å². The number of primary amides is 1. The van der Waals surface area contributed by atoms with Gasteiger partial charge in [0.1, 0.15) is 0 Å². The van der Waals surface area contributed by atoms with Crippen LogP contribution in [0.4, 0.5) is 0 Å². The first kappa shape index (κ1) is 12.7. The van der Waals surface area contributed by atoms with Crippen molar-refractivity contribution in [1.29, 1.82) is 0 Å². The van der Waals surface area contributed by atoms with Crippen molar-refractivity contribution < 1.29 is 4.79 Å². The number of benzene rings is 1. The Labute approximate surface area is 106 Å². The first-order valence-electron chi connectivity index (χ1n) is 4.75. The topological polar surface area (TPSA) is 43.1 Å². The molecule has 1 atom stereocenters. The third-order valence-electron chi connectivity index (χ3n) is 2.26. The molecule has 1 aromatic carbocycles. The summed E-state index contributed by atoms with van der Waals surface area (Å²) >= 11 is 6.70. The van der Waals surface area contributed by atoms with E-state index in [1.165, 1.54) is 11.1 Å². The van der Waals surface area contributed by atoms with Crippen LogP contribution in [0, 0.1) is 0 Å². The highest BCUT2D eigenvalue weighted by Crippen LogP contribution is 2.20. The number of aryl methyl sites for hydroxylation is 1. The first-order chi connectivity index (χ1) is 7.04. The Morgan fingerprint density at radius 1 is 1.47 bits per heavy atom. The minimum atomic E-state index is -0.319. The van der Waals surface area contributed by atoms with Gasteiger partial charge in [0.15, 0.2) is 0 Å². The van der Waals surface area contributed by atoms with Gasteiger partial charge >= 0.3 is 0 Å². The summed E-state index contributed by atoms with van der Waals surface area (Å²) in [6, 6.07) is 6.09. The number of halogens is 2. The summed E-state index contributed by atoms with van der Waals surface area (Å²) in [7, 11) is 0. The molecule has 1 unspecified atom stereocenters. The molecule has 82 valence electrons. The molecule has 15 heavy (non-hydrogen) atoms. The molecule has 0 radical (unpaired) electrons. The molecule has 0 spiro atoms. The Morgan fingerprint density at radius 3 is 2.67 bits per heavy atom. The second-order valence-corrected chi connectivity index (χ2v) is 5.36. The average Bonchev–Trinajstić information content (AvgIpc) is 2.20. The maximum Gasteiger partial charge on any atom is 0.231 e. The number of carbonyl (C=O) groups excluding carboxylic acids is 1. The van der Waals surface area contributed by atoms with E-state index in [0.29, 0.717) is 6.42 Å². The predicted octanol–water partition coefficient (Wildman–Crippen LogP) is 2.80. The molecule has 0 aliphatic carbocycles. The monoisotopic (exact) mass is 333 g/mol. The summed E-state index contributed by atoms with van der Waals surface area (Å²) in [5.41, 5.74) is 7.62. The highest BCUT2D eigenvalue weighted by Gasteiger charge is 2.13. The molecule has 0 saturated carbocycles. The molecule has 0 aromatic heterocycles. The van der Waals surface area contributed by atoms with Gasteiger partial charge in [0.2, 0.25) is 5.91 Å². The van der Waals surface area contributed by atoms with Crippen molar-refractivity contribution in [2.45, 2.75) is 24.6 Å². The van der Waals surface area contributed by atoms with Crippen molar-refractivity contribution in [2.24, 2.45) is 5.73 Å². The van der Waals surface area contributed by atoms with Crippen LogP contribution in [0.2, 0.25) is 0 Å². The molecule has 1 aromatic rings. The molecule has 2 N–H and O–H groups in total. The number of hydrogen-bond acceptors (Lipinski definition) is 1. The number of nitrogens with two attached hydrogens (primary N) is 1. The highest BCUT2D eigenvalue weighted by atomic mass is 79.9. The van der Waals surface area contributed by atoms with Crippen LogP contribution >= 0.6 is 31.9 Å². The fourth-order valence-corrected chi connectivity index (χ4v) is 2.17. The summed E-state index contributed by atoms with van der Waals surface area (Å²) in [6.07, 6.45) is 1.60. The van der Waals surface area contributed by atoms with E-state index in [9.17, 15) is 4.79 Å². The SMILES string of the molecule is CCc1cc(Br)ccc1CC(Br)C(N)=O. The molecule has 0 aliphatic heterocycles. The molecular formula is C11H13Br2NO. The van der Waals surface area contributed by atoms with Crippen molar-refractivity contribution in [2.75, 3.05) is 0 Å². The van der Waals surface area contributed by atoms with Crippen LogP contribution in [0.15, 0.2) is 22.7 Å². The maximum absolute atomic E-state index is 10.9. The molecule has 0 heterocycles. The molecule has 0 bridgehead atoms. The second-order valence-electron chi connectivity index (χ2n) is 3.34. The molecule has 4 heteroatoms. The van der Waals surface area contributed by atoms with Crippen LogP contribution in [0.3, 0.4) is 0 Å². The lowest BCUT2D eigenvalue weighted by molar-refractivity contribution is -0.117. The number of amides is 1. The highest BCUT2D eigenvalue weighted by molar-refractivity contribution is 9.10. The largest absolute Gasteiger partial charge is 0.369 e. The summed E-state index contributed by atoms with van der Waals surface area (Å²) < 4.78 is 1.06. The van der Waals surface area contributed by atoms with Gasteiger partial charge in [-0.15, -0.1) is 0 Å². The summed E-state index contributed by atoms with van der Waals surface area (Å²) in [5, 5.41) is 0. The van der Waals surface area contributed by atoms with E-state index in [1.54, 1.807) is 0 Å². The Hall–Kier alpha value is -0.350. The minimum absolute atomic E-state index is 0.288. The fourth-order valence-electron chi connectivity index (χ4n) is 1.42. The van der Waals surface area contributed by atoms with Crippen molar-refractivity contribution in [3.8, 4) is 0 Å². The van der Waals surface area contributed by atoms with Crippen LogP contribution in [0.5, 0.6) is 0 Å². The zero-order chi connectivity index (χ0) is 11.4. The van der Waals surface area contributed by atoms with Crippen molar-refractivity contribution in [3.05, 3.63) is 33.8 Å². The van der Waals surface area contributed by atoms with Gasteiger partial charge in [0.05, 0.1) is 4.83 Å². The lowest BCUT2D eigenvalue weighted by Gasteiger charge is -2.10. The summed E-state index contributed by atoms with van der Waals surface area (Å²) in [4.78, 5) is 10.6. The zero-order valence-electron chi connectivity index (χ0n) is 8.47. The average molecular weight is 335 g/mol. The normalized spacial score (nSPS) is 12.5. The maximum atomic E-state index is 10.9. The van der Waals surface area contributed by atoms with Crippen molar-refractivity contribution in [1.82, 2.24) is 0 Å². The van der Waals surface area contributed by atoms with Gasteiger partial charge in [-0.05, 0) is 36.1 Å². The van der Waals surface area contributed by atoms with Crippen LogP contribution in [0.25, 0.3) is 0 Å². The van der Waals surface area contributed by atoms with Crippen molar-refractivity contribution >= 4 is 37.8 Å². The van der Waals surface area contributed by atoms with E-state index in [-0.39, 0.29) is 10.7 Å². The smallest absolute Gasteiger partial charge is 0.231 e.